The summed E-state index contributed by atoms with van der Waals surface area (Å²) in [6, 6.07) is 53.0. The van der Waals surface area contributed by atoms with Crippen molar-refractivity contribution in [2.75, 3.05) is 0 Å². The molecule has 3 heterocycles. The molecule has 0 aliphatic carbocycles. The molecule has 51 heavy (non-hydrogen) atoms. The summed E-state index contributed by atoms with van der Waals surface area (Å²) in [7, 11) is 0. The fourth-order valence-electron chi connectivity index (χ4n) is 6.44. The molecule has 0 N–H and O–H groups in total. The molecule has 0 bridgehead atoms. The lowest BCUT2D eigenvalue weighted by Gasteiger charge is -2.12. The second-order valence-corrected chi connectivity index (χ2v) is 12.3. The van der Waals surface area contributed by atoms with Crippen molar-refractivity contribution in [3.8, 4) is 73.6 Å². The van der Waals surface area contributed by atoms with Gasteiger partial charge in [-0.3, -0.25) is 4.98 Å². The van der Waals surface area contributed by atoms with E-state index in [-0.39, 0.29) is 0 Å². The van der Waals surface area contributed by atoms with E-state index in [0.29, 0.717) is 28.6 Å². The average Bonchev–Trinajstić information content (AvgIpc) is 3.58. The summed E-state index contributed by atoms with van der Waals surface area (Å²) < 4.78 is 6.24. The Balaban J connectivity index is 1.13. The van der Waals surface area contributed by atoms with Crippen molar-refractivity contribution >= 4 is 21.9 Å². The van der Waals surface area contributed by atoms with E-state index in [1.807, 2.05) is 85.1 Å². The minimum atomic E-state index is 0.574. The number of benzene rings is 6. The second kappa shape index (κ2) is 12.7. The third kappa shape index (κ3) is 5.79. The number of pyridine rings is 1. The molecule has 0 saturated heterocycles. The normalized spacial score (nSPS) is 11.1. The van der Waals surface area contributed by atoms with Crippen LogP contribution in [0.15, 0.2) is 168 Å². The lowest BCUT2D eigenvalue weighted by Crippen LogP contribution is -2.00. The van der Waals surface area contributed by atoms with Crippen molar-refractivity contribution in [1.82, 2.24) is 19.9 Å². The van der Waals surface area contributed by atoms with Crippen LogP contribution in [0.2, 0.25) is 0 Å². The van der Waals surface area contributed by atoms with Crippen LogP contribution in [0.3, 0.4) is 0 Å². The number of hydrogen-bond acceptors (Lipinski definition) is 6. The number of rotatable bonds is 6. The van der Waals surface area contributed by atoms with E-state index in [1.165, 1.54) is 0 Å². The molecular weight excluding hydrogens is 627 g/mol. The van der Waals surface area contributed by atoms with Gasteiger partial charge in [-0.25, -0.2) is 15.0 Å². The Morgan fingerprint density at radius 1 is 0.412 bits per heavy atom. The Kier molecular flexibility index (Phi) is 7.42. The highest BCUT2D eigenvalue weighted by Crippen LogP contribution is 2.37. The van der Waals surface area contributed by atoms with Gasteiger partial charge in [-0.15, -0.1) is 0 Å². The molecule has 0 saturated carbocycles. The first-order chi connectivity index (χ1) is 25.2. The minimum absolute atomic E-state index is 0.574. The highest BCUT2D eigenvalue weighted by Gasteiger charge is 2.15. The molecule has 0 atom stereocenters. The monoisotopic (exact) mass is 653 g/mol. The summed E-state index contributed by atoms with van der Waals surface area (Å²) in [5.74, 6) is 1.87. The van der Waals surface area contributed by atoms with Gasteiger partial charge in [0.05, 0.1) is 11.6 Å². The van der Waals surface area contributed by atoms with Gasteiger partial charge in [-0.05, 0) is 82.4 Å². The quantitative estimate of drug-likeness (QED) is 0.177. The summed E-state index contributed by atoms with van der Waals surface area (Å²) in [6.07, 6.45) is 3.67. The largest absolute Gasteiger partial charge is 0.456 e. The fourth-order valence-corrected chi connectivity index (χ4v) is 6.44. The predicted octanol–water partition coefficient (Wildman–Crippen LogP) is 11.0. The zero-order valence-electron chi connectivity index (χ0n) is 27.2. The summed E-state index contributed by atoms with van der Waals surface area (Å²) in [5.41, 5.74) is 11.1. The van der Waals surface area contributed by atoms with Crippen molar-refractivity contribution < 1.29 is 4.42 Å². The van der Waals surface area contributed by atoms with Gasteiger partial charge in [0.25, 0.3) is 0 Å². The van der Waals surface area contributed by atoms with Crippen LogP contribution in [0.5, 0.6) is 0 Å². The number of furan rings is 1. The number of nitrogens with zero attached hydrogens (tertiary/aromatic N) is 5. The Morgan fingerprint density at radius 3 is 1.49 bits per heavy atom. The molecule has 6 aromatic carbocycles. The van der Waals surface area contributed by atoms with Crippen LogP contribution in [0.25, 0.3) is 89.5 Å². The Hall–Kier alpha value is -7.23. The van der Waals surface area contributed by atoms with E-state index >= 15 is 0 Å². The molecule has 6 heteroatoms. The zero-order chi connectivity index (χ0) is 34.1. The smallest absolute Gasteiger partial charge is 0.164 e. The van der Waals surface area contributed by atoms with Gasteiger partial charge in [0, 0.05) is 45.4 Å². The van der Waals surface area contributed by atoms with E-state index in [2.05, 4.69) is 77.8 Å². The van der Waals surface area contributed by atoms with Gasteiger partial charge in [0.15, 0.2) is 17.5 Å². The Bertz CT molecular complexity index is 2680. The summed E-state index contributed by atoms with van der Waals surface area (Å²) in [5, 5.41) is 11.4. The second-order valence-electron chi connectivity index (χ2n) is 12.3. The van der Waals surface area contributed by atoms with Crippen molar-refractivity contribution in [2.45, 2.75) is 0 Å². The molecule has 0 fully saturated rings. The van der Waals surface area contributed by atoms with Gasteiger partial charge in [0.1, 0.15) is 11.2 Å². The molecule has 238 valence electrons. The SMILES string of the molecule is N#Cc1ccc2c(c1)oc1cc(-c3cc(-c4ccc(-c5nc(-c6ccccc6)nc(-c6ccccc6)n5)cc4)cc(-c4cccnc4)c3)ccc12. The fraction of sp³-hybridized carbons (Fsp3) is 0. The van der Waals surface area contributed by atoms with Gasteiger partial charge >= 0.3 is 0 Å². The standard InChI is InChI=1S/C45H27N5O/c46-27-29-13-19-39-40-20-18-34(26-42(40)51-41(39)22-29)37-23-36(24-38(25-37)35-12-7-21-47-28-35)30-14-16-33(17-15-30)45-49-43(31-8-3-1-4-9-31)48-44(50-45)32-10-5-2-6-11-32/h1-26,28H. The zero-order valence-corrected chi connectivity index (χ0v) is 27.2. The number of aromatic nitrogens is 4. The molecule has 0 unspecified atom stereocenters. The molecule has 0 amide bonds. The lowest BCUT2D eigenvalue weighted by atomic mass is 9.93. The van der Waals surface area contributed by atoms with E-state index in [0.717, 1.165) is 66.4 Å². The highest BCUT2D eigenvalue weighted by molar-refractivity contribution is 6.06. The van der Waals surface area contributed by atoms with Gasteiger partial charge < -0.3 is 4.42 Å². The van der Waals surface area contributed by atoms with Crippen molar-refractivity contribution in [3.05, 3.63) is 170 Å². The molecule has 6 nitrogen and oxygen atoms in total. The van der Waals surface area contributed by atoms with Crippen molar-refractivity contribution in [3.63, 3.8) is 0 Å². The third-order valence-corrected chi connectivity index (χ3v) is 9.04. The molecule has 3 aromatic heterocycles. The topological polar surface area (TPSA) is 88.5 Å². The van der Waals surface area contributed by atoms with Crippen LogP contribution in [0.1, 0.15) is 5.56 Å². The maximum atomic E-state index is 9.38. The van der Waals surface area contributed by atoms with Crippen molar-refractivity contribution in [2.24, 2.45) is 0 Å². The Morgan fingerprint density at radius 2 is 0.902 bits per heavy atom. The molecule has 9 rings (SSSR count). The lowest BCUT2D eigenvalue weighted by molar-refractivity contribution is 0.669. The van der Waals surface area contributed by atoms with Crippen LogP contribution in [0, 0.1) is 11.3 Å². The summed E-state index contributed by atoms with van der Waals surface area (Å²) in [6.45, 7) is 0. The van der Waals surface area contributed by atoms with Crippen LogP contribution < -0.4 is 0 Å². The van der Waals surface area contributed by atoms with Crippen LogP contribution in [0.4, 0.5) is 0 Å². The molecule has 9 aromatic rings. The molecule has 0 aliphatic rings. The Labute approximate surface area is 294 Å². The average molecular weight is 654 g/mol. The first-order valence-corrected chi connectivity index (χ1v) is 16.6. The van der Waals surface area contributed by atoms with E-state index in [4.69, 9.17) is 19.4 Å². The maximum Gasteiger partial charge on any atom is 0.164 e. The summed E-state index contributed by atoms with van der Waals surface area (Å²) in [4.78, 5) is 19.0. The first-order valence-electron chi connectivity index (χ1n) is 16.6. The molecule has 0 aliphatic heterocycles. The van der Waals surface area contributed by atoms with Gasteiger partial charge in [-0.2, -0.15) is 5.26 Å². The molecular formula is C45H27N5O. The minimum Gasteiger partial charge on any atom is -0.456 e. The maximum absolute atomic E-state index is 9.38. The highest BCUT2D eigenvalue weighted by atomic mass is 16.3. The van der Waals surface area contributed by atoms with Crippen LogP contribution in [-0.2, 0) is 0 Å². The number of fused-ring (bicyclic) bond motifs is 3. The molecule has 0 radical (unpaired) electrons. The number of hydrogen-bond donors (Lipinski definition) is 0. The number of nitriles is 1. The van der Waals surface area contributed by atoms with E-state index < -0.39 is 0 Å². The summed E-state index contributed by atoms with van der Waals surface area (Å²) >= 11 is 0. The molecule has 0 spiro atoms. The van der Waals surface area contributed by atoms with Crippen LogP contribution in [-0.4, -0.2) is 19.9 Å². The third-order valence-electron chi connectivity index (χ3n) is 9.04. The van der Waals surface area contributed by atoms with Gasteiger partial charge in [-0.1, -0.05) is 97.1 Å². The van der Waals surface area contributed by atoms with Crippen LogP contribution >= 0.6 is 0 Å². The predicted molar refractivity (Wildman–Crippen MR) is 202 cm³/mol. The van der Waals surface area contributed by atoms with E-state index in [1.54, 1.807) is 12.3 Å². The van der Waals surface area contributed by atoms with Crippen molar-refractivity contribution in [1.29, 1.82) is 5.26 Å². The first kappa shape index (κ1) is 29.9. The van der Waals surface area contributed by atoms with Gasteiger partial charge in [0.2, 0.25) is 0 Å². The van der Waals surface area contributed by atoms with E-state index in [9.17, 15) is 5.26 Å².